The van der Waals surface area contributed by atoms with Crippen LogP contribution in [-0.2, 0) is 4.79 Å². The predicted octanol–water partition coefficient (Wildman–Crippen LogP) is 5.39. The quantitative estimate of drug-likeness (QED) is 0.562. The van der Waals surface area contributed by atoms with E-state index in [4.69, 9.17) is 9.72 Å². The zero-order valence-electron chi connectivity index (χ0n) is 16.4. The van der Waals surface area contributed by atoms with E-state index in [0.29, 0.717) is 11.8 Å². The monoisotopic (exact) mass is 453 g/mol. The molecule has 0 spiro atoms. The molecule has 0 saturated carbocycles. The van der Waals surface area contributed by atoms with Gasteiger partial charge in [-0.15, -0.1) is 0 Å². The number of rotatable bonds is 5. The van der Waals surface area contributed by atoms with Crippen LogP contribution in [0.4, 0.5) is 11.5 Å². The molecule has 1 saturated heterocycles. The summed E-state index contributed by atoms with van der Waals surface area (Å²) >= 11 is 3.39. The van der Waals surface area contributed by atoms with E-state index in [1.807, 2.05) is 42.5 Å². The molecule has 3 aromatic rings. The molecule has 5 nitrogen and oxygen atoms in total. The third-order valence-electron chi connectivity index (χ3n) is 5.25. The van der Waals surface area contributed by atoms with E-state index in [-0.39, 0.29) is 12.5 Å². The molecule has 0 aliphatic carbocycles. The number of aromatic nitrogens is 1. The molecule has 0 bridgehead atoms. The first-order valence-corrected chi connectivity index (χ1v) is 10.7. The van der Waals surface area contributed by atoms with Gasteiger partial charge in [0.2, 0.25) is 0 Å². The second kappa shape index (κ2) is 8.82. The topological polar surface area (TPSA) is 54.5 Å². The highest BCUT2D eigenvalue weighted by atomic mass is 79.9. The van der Waals surface area contributed by atoms with Crippen LogP contribution in [0, 0.1) is 0 Å². The summed E-state index contributed by atoms with van der Waals surface area (Å²) in [6.45, 7) is 3.21. The van der Waals surface area contributed by atoms with Crippen molar-refractivity contribution in [2.24, 2.45) is 0 Å². The summed E-state index contributed by atoms with van der Waals surface area (Å²) in [7, 11) is 0. The maximum Gasteiger partial charge on any atom is 0.262 e. The number of pyridine rings is 1. The number of ether oxygens (including phenoxy) is 1. The highest BCUT2D eigenvalue weighted by Crippen LogP contribution is 2.29. The van der Waals surface area contributed by atoms with Gasteiger partial charge in [-0.05, 0) is 68.7 Å². The Bertz CT molecular complexity index is 1010. The Kier molecular flexibility index (Phi) is 6.00. The summed E-state index contributed by atoms with van der Waals surface area (Å²) in [6.07, 6.45) is 3.65. The maximum absolute atomic E-state index is 12.3. The first-order chi connectivity index (χ1) is 14.1. The number of hydrogen-bond donors (Lipinski definition) is 1. The van der Waals surface area contributed by atoms with E-state index in [0.717, 1.165) is 33.4 Å². The van der Waals surface area contributed by atoms with Crippen LogP contribution in [0.5, 0.6) is 5.75 Å². The van der Waals surface area contributed by atoms with Crippen molar-refractivity contribution in [1.29, 1.82) is 0 Å². The summed E-state index contributed by atoms with van der Waals surface area (Å²) in [4.78, 5) is 19.5. The molecule has 2 heterocycles. The smallest absolute Gasteiger partial charge is 0.262 e. The molecule has 1 N–H and O–H groups in total. The Hall–Kier alpha value is -2.60. The molecule has 1 aliphatic rings. The van der Waals surface area contributed by atoms with Crippen molar-refractivity contribution in [3.63, 3.8) is 0 Å². The Morgan fingerprint density at radius 2 is 2.00 bits per heavy atom. The van der Waals surface area contributed by atoms with Gasteiger partial charge >= 0.3 is 0 Å². The molecule has 4 rings (SSSR count). The van der Waals surface area contributed by atoms with Crippen molar-refractivity contribution < 1.29 is 9.53 Å². The van der Waals surface area contributed by atoms with E-state index in [2.05, 4.69) is 45.2 Å². The normalized spacial score (nSPS) is 16.6. The molecule has 1 atom stereocenters. The number of nitrogens with one attached hydrogen (secondary N) is 1. The lowest BCUT2D eigenvalue weighted by Gasteiger charge is -2.34. The molecule has 29 heavy (non-hydrogen) atoms. The lowest BCUT2D eigenvalue weighted by atomic mass is 10.0. The maximum atomic E-state index is 12.3. The summed E-state index contributed by atoms with van der Waals surface area (Å²) in [5.74, 6) is 1.39. The van der Waals surface area contributed by atoms with Crippen molar-refractivity contribution in [3.8, 4) is 5.75 Å². The van der Waals surface area contributed by atoms with E-state index in [1.165, 1.54) is 19.3 Å². The van der Waals surface area contributed by atoms with Gasteiger partial charge in [0.1, 0.15) is 17.1 Å². The lowest BCUT2D eigenvalue weighted by Crippen LogP contribution is -2.37. The van der Waals surface area contributed by atoms with Crippen LogP contribution in [-0.4, -0.2) is 30.1 Å². The minimum Gasteiger partial charge on any atom is -0.481 e. The van der Waals surface area contributed by atoms with Crippen molar-refractivity contribution >= 4 is 44.2 Å². The molecule has 2 aromatic carbocycles. The number of anilines is 2. The first-order valence-electron chi connectivity index (χ1n) is 9.95. The highest BCUT2D eigenvalue weighted by molar-refractivity contribution is 9.10. The van der Waals surface area contributed by atoms with Crippen molar-refractivity contribution in [2.45, 2.75) is 32.2 Å². The second-order valence-corrected chi connectivity index (χ2v) is 8.29. The Labute approximate surface area is 179 Å². The Balaban J connectivity index is 1.50. The number of amides is 1. The average molecular weight is 454 g/mol. The SMILES string of the molecule is CC1CCCCN1c1ccc2cccc(OCC(=O)Nc3ccc(Br)cc3)c2n1. The van der Waals surface area contributed by atoms with Gasteiger partial charge in [0.05, 0.1) is 0 Å². The van der Waals surface area contributed by atoms with Crippen molar-refractivity contribution in [3.05, 3.63) is 59.1 Å². The van der Waals surface area contributed by atoms with Crippen LogP contribution in [0.15, 0.2) is 59.1 Å². The lowest BCUT2D eigenvalue weighted by molar-refractivity contribution is -0.118. The predicted molar refractivity (Wildman–Crippen MR) is 121 cm³/mol. The van der Waals surface area contributed by atoms with Crippen LogP contribution in [0.3, 0.4) is 0 Å². The van der Waals surface area contributed by atoms with Crippen molar-refractivity contribution in [1.82, 2.24) is 4.98 Å². The largest absolute Gasteiger partial charge is 0.481 e. The molecule has 1 fully saturated rings. The molecular weight excluding hydrogens is 430 g/mol. The van der Waals surface area contributed by atoms with Gasteiger partial charge in [-0.2, -0.15) is 0 Å². The summed E-state index contributed by atoms with van der Waals surface area (Å²) < 4.78 is 6.81. The van der Waals surface area contributed by atoms with Crippen LogP contribution in [0.2, 0.25) is 0 Å². The number of piperidine rings is 1. The number of carbonyl (C=O) groups is 1. The van der Waals surface area contributed by atoms with E-state index in [9.17, 15) is 4.79 Å². The van der Waals surface area contributed by atoms with Crippen LogP contribution in [0.25, 0.3) is 10.9 Å². The molecule has 150 valence electrons. The third-order valence-corrected chi connectivity index (χ3v) is 5.78. The molecule has 1 unspecified atom stereocenters. The summed E-state index contributed by atoms with van der Waals surface area (Å²) in [5, 5.41) is 3.85. The number of benzene rings is 2. The van der Waals surface area contributed by atoms with Gasteiger partial charge in [0, 0.05) is 28.1 Å². The number of carbonyl (C=O) groups excluding carboxylic acids is 1. The number of para-hydroxylation sites is 1. The van der Waals surface area contributed by atoms with Gasteiger partial charge in [-0.1, -0.05) is 28.1 Å². The van der Waals surface area contributed by atoms with Gasteiger partial charge in [0.15, 0.2) is 6.61 Å². The standard InChI is InChI=1S/C23H24BrN3O2/c1-16-5-2-3-14-27(16)21-13-8-17-6-4-7-20(23(17)26-21)29-15-22(28)25-19-11-9-18(24)10-12-19/h4,6-13,16H,2-3,5,14-15H2,1H3,(H,25,28). The van der Waals surface area contributed by atoms with E-state index in [1.54, 1.807) is 0 Å². The number of halogens is 1. The zero-order valence-corrected chi connectivity index (χ0v) is 18.0. The molecular formula is C23H24BrN3O2. The molecule has 1 aromatic heterocycles. The average Bonchev–Trinajstić information content (AvgIpc) is 2.74. The van der Waals surface area contributed by atoms with Gasteiger partial charge in [-0.3, -0.25) is 4.79 Å². The molecule has 0 radical (unpaired) electrons. The summed E-state index contributed by atoms with van der Waals surface area (Å²) in [5.41, 5.74) is 1.53. The van der Waals surface area contributed by atoms with Crippen LogP contribution >= 0.6 is 15.9 Å². The summed E-state index contributed by atoms with van der Waals surface area (Å²) in [6, 6.07) is 17.9. The fourth-order valence-corrected chi connectivity index (χ4v) is 3.96. The fourth-order valence-electron chi connectivity index (χ4n) is 3.70. The second-order valence-electron chi connectivity index (χ2n) is 7.38. The zero-order chi connectivity index (χ0) is 20.2. The first kappa shape index (κ1) is 19.7. The molecule has 1 amide bonds. The van der Waals surface area contributed by atoms with E-state index >= 15 is 0 Å². The van der Waals surface area contributed by atoms with Crippen LogP contribution < -0.4 is 15.0 Å². The number of hydrogen-bond acceptors (Lipinski definition) is 4. The Morgan fingerprint density at radius 1 is 1.17 bits per heavy atom. The third kappa shape index (κ3) is 4.70. The van der Waals surface area contributed by atoms with Gasteiger partial charge in [0.25, 0.3) is 5.91 Å². The number of nitrogens with zero attached hydrogens (tertiary/aromatic N) is 2. The minimum atomic E-state index is -0.204. The highest BCUT2D eigenvalue weighted by Gasteiger charge is 2.20. The molecule has 6 heteroatoms. The van der Waals surface area contributed by atoms with Crippen molar-refractivity contribution in [2.75, 3.05) is 23.4 Å². The fraction of sp³-hybridized carbons (Fsp3) is 0.304. The van der Waals surface area contributed by atoms with Gasteiger partial charge in [-0.25, -0.2) is 4.98 Å². The van der Waals surface area contributed by atoms with E-state index < -0.39 is 0 Å². The minimum absolute atomic E-state index is 0.0683. The van der Waals surface area contributed by atoms with Crippen LogP contribution in [0.1, 0.15) is 26.2 Å². The molecule has 1 aliphatic heterocycles. The van der Waals surface area contributed by atoms with Gasteiger partial charge < -0.3 is 15.0 Å². The Morgan fingerprint density at radius 3 is 2.79 bits per heavy atom. The number of fused-ring (bicyclic) bond motifs is 1.